The Balaban J connectivity index is 1.51. The molecule has 4 rings (SSSR count). The van der Waals surface area contributed by atoms with Crippen molar-refractivity contribution in [1.82, 2.24) is 19.8 Å². The predicted octanol–water partition coefficient (Wildman–Crippen LogP) is 4.84. The number of thioether (sulfide) groups is 1. The smallest absolute Gasteiger partial charge is 0.234 e. The van der Waals surface area contributed by atoms with Crippen molar-refractivity contribution in [3.05, 3.63) is 64.6 Å². The van der Waals surface area contributed by atoms with Crippen LogP contribution in [-0.4, -0.2) is 38.6 Å². The van der Waals surface area contributed by atoms with Crippen LogP contribution in [0.1, 0.15) is 0 Å². The molecule has 0 saturated carbocycles. The highest BCUT2D eigenvalue weighted by atomic mass is 35.5. The quantitative estimate of drug-likeness (QED) is 0.415. The fraction of sp³-hybridized carbons (Fsp3) is 0.100. The lowest BCUT2D eigenvalue weighted by molar-refractivity contribution is -0.113. The molecule has 0 saturated heterocycles. The van der Waals surface area contributed by atoms with E-state index in [9.17, 15) is 4.79 Å². The first-order valence-corrected chi connectivity index (χ1v) is 10.5. The Labute approximate surface area is 186 Å². The summed E-state index contributed by atoms with van der Waals surface area (Å²) in [6.07, 6.45) is 0. The van der Waals surface area contributed by atoms with Crippen molar-refractivity contribution in [3.8, 4) is 17.0 Å². The van der Waals surface area contributed by atoms with Gasteiger partial charge in [-0.3, -0.25) is 4.79 Å². The van der Waals surface area contributed by atoms with Crippen LogP contribution in [0.3, 0.4) is 0 Å². The molecule has 4 aromatic rings. The maximum absolute atomic E-state index is 12.3. The van der Waals surface area contributed by atoms with Crippen LogP contribution >= 0.6 is 35.0 Å². The summed E-state index contributed by atoms with van der Waals surface area (Å²) in [6, 6.07) is 16.2. The van der Waals surface area contributed by atoms with Gasteiger partial charge in [0.1, 0.15) is 5.75 Å². The van der Waals surface area contributed by atoms with E-state index in [1.165, 1.54) is 11.8 Å². The number of ether oxygens (including phenoxy) is 1. The van der Waals surface area contributed by atoms with Crippen LogP contribution in [0, 0.1) is 0 Å². The van der Waals surface area contributed by atoms with Crippen LogP contribution in [0.4, 0.5) is 5.69 Å². The molecule has 0 bridgehead atoms. The molecule has 1 amide bonds. The molecule has 0 spiro atoms. The number of benzene rings is 2. The summed E-state index contributed by atoms with van der Waals surface area (Å²) in [7, 11) is 1.61. The maximum atomic E-state index is 12.3. The van der Waals surface area contributed by atoms with Gasteiger partial charge in [0.25, 0.3) is 0 Å². The minimum atomic E-state index is -0.212. The molecule has 2 heterocycles. The standard InChI is InChI=1S/C20H15Cl2N5O2S/c1-29-17-5-3-2-4-13(17)16-8-9-18-24-25-20(27(18)26-16)30-11-19(28)23-12-6-7-14(21)15(22)10-12/h2-10H,11H2,1H3,(H,23,28). The zero-order valence-electron chi connectivity index (χ0n) is 15.7. The number of nitrogens with zero attached hydrogens (tertiary/aromatic N) is 4. The number of carbonyl (C=O) groups is 1. The maximum Gasteiger partial charge on any atom is 0.234 e. The van der Waals surface area contributed by atoms with E-state index in [1.807, 2.05) is 36.4 Å². The number of carbonyl (C=O) groups excluding carboxylic acids is 1. The number of halogens is 2. The van der Waals surface area contributed by atoms with E-state index in [1.54, 1.807) is 29.8 Å². The number of aromatic nitrogens is 4. The molecule has 7 nitrogen and oxygen atoms in total. The molecule has 30 heavy (non-hydrogen) atoms. The van der Waals surface area contributed by atoms with E-state index in [4.69, 9.17) is 27.9 Å². The van der Waals surface area contributed by atoms with Crippen molar-refractivity contribution in [2.75, 3.05) is 18.2 Å². The van der Waals surface area contributed by atoms with Crippen LogP contribution in [-0.2, 0) is 4.79 Å². The highest BCUT2D eigenvalue weighted by molar-refractivity contribution is 7.99. The summed E-state index contributed by atoms with van der Waals surface area (Å²) in [5.74, 6) is 0.630. The third-order valence-corrected chi connectivity index (χ3v) is 5.81. The summed E-state index contributed by atoms with van der Waals surface area (Å²) < 4.78 is 7.03. The van der Waals surface area contributed by atoms with Gasteiger partial charge in [0, 0.05) is 11.3 Å². The SMILES string of the molecule is COc1ccccc1-c1ccc2nnc(SCC(=O)Nc3ccc(Cl)c(Cl)c3)n2n1. The van der Waals surface area contributed by atoms with Gasteiger partial charge in [-0.1, -0.05) is 47.1 Å². The van der Waals surface area contributed by atoms with Gasteiger partial charge < -0.3 is 10.1 Å². The van der Waals surface area contributed by atoms with Crippen LogP contribution in [0.2, 0.25) is 10.0 Å². The second-order valence-electron chi connectivity index (χ2n) is 6.14. The number of anilines is 1. The lowest BCUT2D eigenvalue weighted by Crippen LogP contribution is -2.14. The van der Waals surface area contributed by atoms with Gasteiger partial charge in [0.15, 0.2) is 5.65 Å². The average molecular weight is 460 g/mol. The highest BCUT2D eigenvalue weighted by Crippen LogP contribution is 2.29. The Morgan fingerprint density at radius 2 is 1.93 bits per heavy atom. The zero-order valence-corrected chi connectivity index (χ0v) is 18.0. The number of amides is 1. The molecule has 0 radical (unpaired) electrons. The number of hydrogen-bond acceptors (Lipinski definition) is 6. The fourth-order valence-electron chi connectivity index (χ4n) is 2.76. The summed E-state index contributed by atoms with van der Waals surface area (Å²) in [5, 5.41) is 17.0. The molecular formula is C20H15Cl2N5O2S. The third-order valence-electron chi connectivity index (χ3n) is 4.15. The van der Waals surface area contributed by atoms with E-state index in [-0.39, 0.29) is 11.7 Å². The number of para-hydroxylation sites is 1. The van der Waals surface area contributed by atoms with Crippen molar-refractivity contribution < 1.29 is 9.53 Å². The van der Waals surface area contributed by atoms with Gasteiger partial charge in [0.05, 0.1) is 28.6 Å². The van der Waals surface area contributed by atoms with E-state index in [2.05, 4.69) is 20.6 Å². The van der Waals surface area contributed by atoms with Gasteiger partial charge in [-0.2, -0.15) is 9.61 Å². The van der Waals surface area contributed by atoms with Gasteiger partial charge in [-0.25, -0.2) is 0 Å². The van der Waals surface area contributed by atoms with E-state index >= 15 is 0 Å². The van der Waals surface area contributed by atoms with E-state index in [0.29, 0.717) is 38.0 Å². The Morgan fingerprint density at radius 1 is 1.10 bits per heavy atom. The molecule has 1 N–H and O–H groups in total. The minimum absolute atomic E-state index is 0.127. The normalized spacial score (nSPS) is 10.9. The molecule has 0 aliphatic rings. The monoisotopic (exact) mass is 459 g/mol. The Hall–Kier alpha value is -2.81. The summed E-state index contributed by atoms with van der Waals surface area (Å²) in [5.41, 5.74) is 2.71. The largest absolute Gasteiger partial charge is 0.496 e. The summed E-state index contributed by atoms with van der Waals surface area (Å²) in [6.45, 7) is 0. The first-order valence-electron chi connectivity index (χ1n) is 8.78. The van der Waals surface area contributed by atoms with Crippen LogP contribution < -0.4 is 10.1 Å². The van der Waals surface area contributed by atoms with Gasteiger partial charge in [-0.15, -0.1) is 10.2 Å². The highest BCUT2D eigenvalue weighted by Gasteiger charge is 2.13. The van der Waals surface area contributed by atoms with Crippen molar-refractivity contribution in [2.24, 2.45) is 0 Å². The first kappa shape index (κ1) is 20.5. The number of fused-ring (bicyclic) bond motifs is 1. The molecule has 0 aliphatic heterocycles. The molecule has 2 aromatic carbocycles. The summed E-state index contributed by atoms with van der Waals surface area (Å²) >= 11 is 13.1. The van der Waals surface area contributed by atoms with Gasteiger partial charge >= 0.3 is 0 Å². The number of nitrogens with one attached hydrogen (secondary N) is 1. The molecule has 0 fully saturated rings. The number of rotatable bonds is 6. The van der Waals surface area contributed by atoms with Crippen molar-refractivity contribution in [2.45, 2.75) is 5.16 Å². The average Bonchev–Trinajstić information content (AvgIpc) is 3.17. The molecule has 152 valence electrons. The number of methoxy groups -OCH3 is 1. The van der Waals surface area contributed by atoms with Crippen molar-refractivity contribution >= 4 is 52.2 Å². The second kappa shape index (κ2) is 8.91. The van der Waals surface area contributed by atoms with Crippen LogP contribution in [0.25, 0.3) is 16.9 Å². The molecule has 2 aromatic heterocycles. The Bertz CT molecular complexity index is 1230. The lowest BCUT2D eigenvalue weighted by atomic mass is 10.1. The molecular weight excluding hydrogens is 445 g/mol. The van der Waals surface area contributed by atoms with Crippen molar-refractivity contribution in [3.63, 3.8) is 0 Å². The van der Waals surface area contributed by atoms with Crippen LogP contribution in [0.15, 0.2) is 59.8 Å². The van der Waals surface area contributed by atoms with Crippen molar-refractivity contribution in [1.29, 1.82) is 0 Å². The minimum Gasteiger partial charge on any atom is -0.496 e. The Morgan fingerprint density at radius 3 is 2.73 bits per heavy atom. The van der Waals surface area contributed by atoms with E-state index in [0.717, 1.165) is 5.56 Å². The van der Waals surface area contributed by atoms with E-state index < -0.39 is 0 Å². The summed E-state index contributed by atoms with van der Waals surface area (Å²) in [4.78, 5) is 12.3. The molecule has 10 heteroatoms. The van der Waals surface area contributed by atoms with Gasteiger partial charge in [0.2, 0.25) is 11.1 Å². The molecule has 0 atom stereocenters. The lowest BCUT2D eigenvalue weighted by Gasteiger charge is -2.08. The van der Waals surface area contributed by atoms with Crippen LogP contribution in [0.5, 0.6) is 5.75 Å². The molecule has 0 aliphatic carbocycles. The number of hydrogen-bond donors (Lipinski definition) is 1. The Kier molecular flexibility index (Phi) is 6.08. The zero-order chi connectivity index (χ0) is 21.1. The predicted molar refractivity (Wildman–Crippen MR) is 119 cm³/mol. The first-order chi connectivity index (χ1) is 14.5. The topological polar surface area (TPSA) is 81.4 Å². The molecule has 0 unspecified atom stereocenters. The third kappa shape index (κ3) is 4.35. The van der Waals surface area contributed by atoms with Gasteiger partial charge in [-0.05, 0) is 42.5 Å². The second-order valence-corrected chi connectivity index (χ2v) is 7.89. The fourth-order valence-corrected chi connectivity index (χ4v) is 3.75.